The van der Waals surface area contributed by atoms with Crippen LogP contribution < -0.4 is 10.5 Å². The molecule has 0 aliphatic rings. The second kappa shape index (κ2) is 9.07. The summed E-state index contributed by atoms with van der Waals surface area (Å²) in [5.41, 5.74) is 4.55. The second-order valence-corrected chi connectivity index (χ2v) is 7.24. The van der Waals surface area contributed by atoms with Gasteiger partial charge in [0.05, 0.1) is 12.2 Å². The Hall–Kier alpha value is -3.55. The number of fused-ring (bicyclic) bond motifs is 1. The average Bonchev–Trinajstić information content (AvgIpc) is 2.71. The summed E-state index contributed by atoms with van der Waals surface area (Å²) < 4.78 is 40.3. The maximum atomic E-state index is 14.9. The lowest BCUT2D eigenvalue weighted by molar-refractivity contribution is 0.0778. The molecule has 3 aromatic rings. The van der Waals surface area contributed by atoms with Crippen LogP contribution in [0.2, 0.25) is 0 Å². The summed E-state index contributed by atoms with van der Waals surface area (Å²) in [4.78, 5) is 28.4. The zero-order chi connectivity index (χ0) is 22.7. The number of hydrogen-bond acceptors (Lipinski definition) is 5. The van der Waals surface area contributed by atoms with Crippen LogP contribution in [0.25, 0.3) is 10.8 Å². The lowest BCUT2D eigenvalue weighted by Gasteiger charge is -2.21. The molecule has 162 valence electrons. The van der Waals surface area contributed by atoms with Crippen molar-refractivity contribution in [1.82, 2.24) is 4.98 Å². The third kappa shape index (κ3) is 4.47. The SMILES string of the molecule is CCOc1nccc2c(C(=O)c3c(F)cc(C(OC(N)=O)C(C)C)cc3F)cccc12. The number of carbonyl (C=O) groups is 2. The minimum absolute atomic E-state index is 0.0705. The molecule has 6 nitrogen and oxygen atoms in total. The normalized spacial score (nSPS) is 12.1. The predicted octanol–water partition coefficient (Wildman–Crippen LogP) is 4.94. The van der Waals surface area contributed by atoms with E-state index in [-0.39, 0.29) is 17.0 Å². The van der Waals surface area contributed by atoms with Gasteiger partial charge in [-0.2, -0.15) is 0 Å². The molecular weight excluding hydrogens is 406 g/mol. The molecule has 0 saturated heterocycles. The highest BCUT2D eigenvalue weighted by atomic mass is 19.1. The van der Waals surface area contributed by atoms with Crippen LogP contribution >= 0.6 is 0 Å². The zero-order valence-corrected chi connectivity index (χ0v) is 17.3. The number of nitrogens with zero attached hydrogens (tertiary/aromatic N) is 1. The van der Waals surface area contributed by atoms with E-state index in [1.54, 1.807) is 39.0 Å². The minimum Gasteiger partial charge on any atom is -0.478 e. The molecule has 0 aliphatic heterocycles. The van der Waals surface area contributed by atoms with Crippen LogP contribution in [-0.2, 0) is 4.74 Å². The fourth-order valence-corrected chi connectivity index (χ4v) is 3.45. The molecule has 0 spiro atoms. The molecule has 1 unspecified atom stereocenters. The molecule has 0 bridgehead atoms. The standard InChI is InChI=1S/C23H22F2N2O4/c1-4-30-22-16-7-5-6-15(14(16)8-9-27-22)20(28)19-17(24)10-13(11-18(19)25)21(12(2)3)31-23(26)29/h5-12,21H,4H2,1-3H3,(H2,26,29). The summed E-state index contributed by atoms with van der Waals surface area (Å²) >= 11 is 0. The van der Waals surface area contributed by atoms with Gasteiger partial charge in [-0.1, -0.05) is 26.0 Å². The summed E-state index contributed by atoms with van der Waals surface area (Å²) in [6.45, 7) is 5.60. The van der Waals surface area contributed by atoms with Gasteiger partial charge in [0, 0.05) is 17.1 Å². The van der Waals surface area contributed by atoms with Crippen molar-refractivity contribution in [2.45, 2.75) is 26.9 Å². The number of rotatable bonds is 7. The molecule has 2 N–H and O–H groups in total. The average molecular weight is 428 g/mol. The van der Waals surface area contributed by atoms with E-state index in [1.807, 2.05) is 0 Å². The predicted molar refractivity (Wildman–Crippen MR) is 111 cm³/mol. The van der Waals surface area contributed by atoms with Crippen molar-refractivity contribution in [2.24, 2.45) is 11.7 Å². The first-order valence-electron chi connectivity index (χ1n) is 9.74. The number of carbonyl (C=O) groups excluding carboxylic acids is 2. The number of halogens is 2. The molecule has 1 atom stereocenters. The molecule has 3 rings (SSSR count). The third-order valence-corrected chi connectivity index (χ3v) is 4.76. The molecule has 0 saturated carbocycles. The molecule has 1 aromatic heterocycles. The molecule has 1 amide bonds. The minimum atomic E-state index is -1.06. The molecule has 0 fully saturated rings. The fraction of sp³-hybridized carbons (Fsp3) is 0.261. The summed E-state index contributed by atoms with van der Waals surface area (Å²) in [6, 6.07) is 8.36. The van der Waals surface area contributed by atoms with Gasteiger partial charge in [0.25, 0.3) is 0 Å². The van der Waals surface area contributed by atoms with Crippen molar-refractivity contribution in [1.29, 1.82) is 0 Å². The van der Waals surface area contributed by atoms with Crippen LogP contribution in [0.1, 0.15) is 48.4 Å². The van der Waals surface area contributed by atoms with Gasteiger partial charge in [0.2, 0.25) is 5.88 Å². The Bertz CT molecular complexity index is 1120. The number of ketones is 1. The monoisotopic (exact) mass is 428 g/mol. The Morgan fingerprint density at radius 3 is 2.35 bits per heavy atom. The van der Waals surface area contributed by atoms with E-state index in [0.29, 0.717) is 23.3 Å². The lowest BCUT2D eigenvalue weighted by atomic mass is 9.93. The summed E-state index contributed by atoms with van der Waals surface area (Å²) in [5, 5.41) is 1.02. The molecule has 0 radical (unpaired) electrons. The first-order chi connectivity index (χ1) is 14.7. The fourth-order valence-electron chi connectivity index (χ4n) is 3.45. The van der Waals surface area contributed by atoms with Crippen molar-refractivity contribution >= 4 is 22.6 Å². The molecule has 0 aliphatic carbocycles. The van der Waals surface area contributed by atoms with Gasteiger partial charge in [-0.15, -0.1) is 0 Å². The number of hydrogen-bond donors (Lipinski definition) is 1. The van der Waals surface area contributed by atoms with Crippen LogP contribution in [-0.4, -0.2) is 23.5 Å². The van der Waals surface area contributed by atoms with E-state index in [9.17, 15) is 18.4 Å². The van der Waals surface area contributed by atoms with Crippen molar-refractivity contribution < 1.29 is 27.8 Å². The van der Waals surface area contributed by atoms with Crippen LogP contribution in [0.4, 0.5) is 13.6 Å². The van der Waals surface area contributed by atoms with Gasteiger partial charge < -0.3 is 15.2 Å². The van der Waals surface area contributed by atoms with Gasteiger partial charge in [-0.05, 0) is 48.1 Å². The van der Waals surface area contributed by atoms with Crippen molar-refractivity contribution in [2.75, 3.05) is 6.61 Å². The van der Waals surface area contributed by atoms with Crippen LogP contribution in [0.15, 0.2) is 42.6 Å². The van der Waals surface area contributed by atoms with Crippen LogP contribution in [0.5, 0.6) is 5.88 Å². The molecule has 1 heterocycles. The Kier molecular flexibility index (Phi) is 6.48. The van der Waals surface area contributed by atoms with E-state index < -0.39 is 35.2 Å². The number of aromatic nitrogens is 1. The largest absolute Gasteiger partial charge is 0.478 e. The molecule has 31 heavy (non-hydrogen) atoms. The number of pyridine rings is 1. The number of amides is 1. The number of benzene rings is 2. The Labute approximate surface area is 178 Å². The highest BCUT2D eigenvalue weighted by Gasteiger charge is 2.26. The summed E-state index contributed by atoms with van der Waals surface area (Å²) in [5.74, 6) is -2.91. The Morgan fingerprint density at radius 2 is 1.77 bits per heavy atom. The number of ether oxygens (including phenoxy) is 2. The van der Waals surface area contributed by atoms with E-state index in [0.717, 1.165) is 12.1 Å². The van der Waals surface area contributed by atoms with Gasteiger partial charge in [-0.3, -0.25) is 4.79 Å². The van der Waals surface area contributed by atoms with Gasteiger partial charge in [0.15, 0.2) is 5.78 Å². The molecule has 8 heteroatoms. The van der Waals surface area contributed by atoms with E-state index >= 15 is 0 Å². The van der Waals surface area contributed by atoms with Crippen molar-refractivity contribution in [3.05, 3.63) is 70.9 Å². The van der Waals surface area contributed by atoms with Gasteiger partial charge >= 0.3 is 6.09 Å². The highest BCUT2D eigenvalue weighted by Crippen LogP contribution is 2.32. The zero-order valence-electron chi connectivity index (χ0n) is 17.3. The summed E-state index contributed by atoms with van der Waals surface area (Å²) in [6.07, 6.45) is -0.550. The van der Waals surface area contributed by atoms with Crippen LogP contribution in [0, 0.1) is 17.6 Å². The third-order valence-electron chi connectivity index (χ3n) is 4.76. The van der Waals surface area contributed by atoms with Crippen molar-refractivity contribution in [3.8, 4) is 5.88 Å². The molecular formula is C23H22F2N2O4. The van der Waals surface area contributed by atoms with E-state index in [4.69, 9.17) is 15.2 Å². The number of primary amides is 1. The first-order valence-corrected chi connectivity index (χ1v) is 9.74. The highest BCUT2D eigenvalue weighted by molar-refractivity contribution is 6.17. The Balaban J connectivity index is 2.09. The number of nitrogens with two attached hydrogens (primary N) is 1. The first kappa shape index (κ1) is 22.1. The second-order valence-electron chi connectivity index (χ2n) is 7.24. The van der Waals surface area contributed by atoms with Crippen LogP contribution in [0.3, 0.4) is 0 Å². The smallest absolute Gasteiger partial charge is 0.405 e. The quantitative estimate of drug-likeness (QED) is 0.539. The topological polar surface area (TPSA) is 91.5 Å². The maximum absolute atomic E-state index is 14.9. The van der Waals surface area contributed by atoms with E-state index in [1.165, 1.54) is 12.3 Å². The lowest BCUT2D eigenvalue weighted by Crippen LogP contribution is -2.21. The van der Waals surface area contributed by atoms with Crippen molar-refractivity contribution in [3.63, 3.8) is 0 Å². The van der Waals surface area contributed by atoms with Gasteiger partial charge in [-0.25, -0.2) is 18.6 Å². The maximum Gasteiger partial charge on any atom is 0.405 e. The van der Waals surface area contributed by atoms with Gasteiger partial charge in [0.1, 0.15) is 17.7 Å². The molecule has 2 aromatic carbocycles. The summed E-state index contributed by atoms with van der Waals surface area (Å²) in [7, 11) is 0. The van der Waals surface area contributed by atoms with E-state index in [2.05, 4.69) is 4.98 Å². The Morgan fingerprint density at radius 1 is 1.10 bits per heavy atom.